The third-order valence-electron chi connectivity index (χ3n) is 4.53. The maximum absolute atomic E-state index is 9.50. The van der Waals surface area contributed by atoms with E-state index in [9.17, 15) is 5.11 Å². The molecule has 0 radical (unpaired) electrons. The molecule has 0 atom stereocenters. The maximum Gasteiger partial charge on any atom is 0.102 e. The summed E-state index contributed by atoms with van der Waals surface area (Å²) in [4.78, 5) is 0. The molecule has 0 aromatic carbocycles. The van der Waals surface area contributed by atoms with Crippen molar-refractivity contribution in [2.45, 2.75) is 85.0 Å². The zero-order valence-electron chi connectivity index (χ0n) is 14.5. The van der Waals surface area contributed by atoms with Gasteiger partial charge in [-0.3, -0.25) is 0 Å². The normalized spacial score (nSPS) is 12.0. The van der Waals surface area contributed by atoms with Gasteiger partial charge in [-0.15, -0.1) is 0 Å². The standard InChI is InChI=1S/C18H40NO/c1-4-7-10-13-16-19(17-18-20,14-11-8-5-2)15-12-9-6-3/h20H,4-18H2,1-3H3/q+1. The van der Waals surface area contributed by atoms with Crippen molar-refractivity contribution in [1.29, 1.82) is 0 Å². The van der Waals surface area contributed by atoms with Gasteiger partial charge in [-0.25, -0.2) is 0 Å². The maximum atomic E-state index is 9.50. The smallest absolute Gasteiger partial charge is 0.102 e. The fraction of sp³-hybridized carbons (Fsp3) is 1.00. The molecular weight excluding hydrogens is 246 g/mol. The van der Waals surface area contributed by atoms with E-state index in [0.29, 0.717) is 6.61 Å². The van der Waals surface area contributed by atoms with E-state index in [1.807, 2.05) is 0 Å². The molecule has 1 N–H and O–H groups in total. The Labute approximate surface area is 128 Å². The molecule has 0 fully saturated rings. The van der Waals surface area contributed by atoms with Crippen LogP contribution in [0.1, 0.15) is 85.0 Å². The minimum Gasteiger partial charge on any atom is -0.391 e. The fourth-order valence-electron chi connectivity index (χ4n) is 3.15. The van der Waals surface area contributed by atoms with E-state index in [-0.39, 0.29) is 0 Å². The van der Waals surface area contributed by atoms with Crippen LogP contribution in [0.2, 0.25) is 0 Å². The Morgan fingerprint density at radius 3 is 1.35 bits per heavy atom. The molecule has 0 spiro atoms. The van der Waals surface area contributed by atoms with Crippen LogP contribution < -0.4 is 0 Å². The highest BCUT2D eigenvalue weighted by Crippen LogP contribution is 2.16. The van der Waals surface area contributed by atoms with Gasteiger partial charge >= 0.3 is 0 Å². The molecule has 0 aliphatic carbocycles. The molecule has 0 amide bonds. The molecule has 0 bridgehead atoms. The van der Waals surface area contributed by atoms with Crippen LogP contribution in [0.3, 0.4) is 0 Å². The Balaban J connectivity index is 4.37. The van der Waals surface area contributed by atoms with Gasteiger partial charge in [-0.1, -0.05) is 46.5 Å². The predicted molar refractivity (Wildman–Crippen MR) is 90.0 cm³/mol. The molecule has 0 aliphatic rings. The van der Waals surface area contributed by atoms with Gasteiger partial charge in [-0.05, 0) is 38.5 Å². The Bertz CT molecular complexity index is 184. The van der Waals surface area contributed by atoms with Crippen LogP contribution in [0.15, 0.2) is 0 Å². The van der Waals surface area contributed by atoms with Crippen molar-refractivity contribution < 1.29 is 9.59 Å². The average Bonchev–Trinajstić information content (AvgIpc) is 2.44. The Morgan fingerprint density at radius 2 is 0.950 bits per heavy atom. The lowest BCUT2D eigenvalue weighted by atomic mass is 10.1. The van der Waals surface area contributed by atoms with Gasteiger partial charge in [0.15, 0.2) is 0 Å². The third kappa shape index (κ3) is 9.77. The molecule has 0 aliphatic heterocycles. The van der Waals surface area contributed by atoms with Crippen LogP contribution in [0, 0.1) is 0 Å². The molecule has 0 heterocycles. The highest BCUT2D eigenvalue weighted by atomic mass is 16.3. The second-order valence-electron chi connectivity index (χ2n) is 6.43. The summed E-state index contributed by atoms with van der Waals surface area (Å²) in [5, 5.41) is 9.50. The minimum atomic E-state index is 0.353. The van der Waals surface area contributed by atoms with Crippen LogP contribution in [-0.4, -0.2) is 42.4 Å². The highest BCUT2D eigenvalue weighted by Gasteiger charge is 2.25. The first-order valence-electron chi connectivity index (χ1n) is 9.20. The second-order valence-corrected chi connectivity index (χ2v) is 6.43. The van der Waals surface area contributed by atoms with Crippen molar-refractivity contribution >= 4 is 0 Å². The van der Waals surface area contributed by atoms with Crippen LogP contribution in [0.25, 0.3) is 0 Å². The summed E-state index contributed by atoms with van der Waals surface area (Å²) >= 11 is 0. The summed E-state index contributed by atoms with van der Waals surface area (Å²) in [6, 6.07) is 0. The van der Waals surface area contributed by atoms with Crippen LogP contribution >= 0.6 is 0 Å². The van der Waals surface area contributed by atoms with Crippen molar-refractivity contribution in [2.24, 2.45) is 0 Å². The summed E-state index contributed by atoms with van der Waals surface area (Å²) < 4.78 is 1.18. The number of unbranched alkanes of at least 4 members (excludes halogenated alkanes) is 7. The van der Waals surface area contributed by atoms with Crippen molar-refractivity contribution in [3.05, 3.63) is 0 Å². The lowest BCUT2D eigenvalue weighted by molar-refractivity contribution is -0.929. The zero-order chi connectivity index (χ0) is 15.1. The number of rotatable bonds is 15. The lowest BCUT2D eigenvalue weighted by Gasteiger charge is -2.39. The minimum absolute atomic E-state index is 0.353. The van der Waals surface area contributed by atoms with Gasteiger partial charge in [0.1, 0.15) is 6.54 Å². The molecule has 0 aromatic heterocycles. The molecular formula is C18H40NO+. The number of aliphatic hydroxyl groups is 1. The topological polar surface area (TPSA) is 20.2 Å². The average molecular weight is 287 g/mol. The molecule has 2 nitrogen and oxygen atoms in total. The van der Waals surface area contributed by atoms with Gasteiger partial charge in [0, 0.05) is 0 Å². The second kappa shape index (κ2) is 13.9. The lowest BCUT2D eigenvalue weighted by Crippen LogP contribution is -2.51. The molecule has 0 rings (SSSR count). The van der Waals surface area contributed by atoms with Crippen molar-refractivity contribution in [2.75, 3.05) is 32.8 Å². The van der Waals surface area contributed by atoms with Crippen molar-refractivity contribution in [1.82, 2.24) is 0 Å². The molecule has 0 aromatic rings. The Kier molecular flexibility index (Phi) is 13.8. The summed E-state index contributed by atoms with van der Waals surface area (Å²) in [5.74, 6) is 0. The Morgan fingerprint density at radius 1 is 0.550 bits per heavy atom. The molecule has 20 heavy (non-hydrogen) atoms. The quantitative estimate of drug-likeness (QED) is 0.340. The summed E-state index contributed by atoms with van der Waals surface area (Å²) in [6.07, 6.45) is 13.3. The predicted octanol–water partition coefficient (Wildman–Crippen LogP) is 4.76. The third-order valence-corrected chi connectivity index (χ3v) is 4.53. The van der Waals surface area contributed by atoms with E-state index in [2.05, 4.69) is 20.8 Å². The van der Waals surface area contributed by atoms with Gasteiger partial charge in [0.2, 0.25) is 0 Å². The molecule has 0 unspecified atom stereocenters. The molecule has 122 valence electrons. The van der Waals surface area contributed by atoms with E-state index < -0.39 is 0 Å². The molecule has 2 heteroatoms. The van der Waals surface area contributed by atoms with E-state index >= 15 is 0 Å². The van der Waals surface area contributed by atoms with Crippen LogP contribution in [-0.2, 0) is 0 Å². The zero-order valence-corrected chi connectivity index (χ0v) is 14.5. The first-order valence-corrected chi connectivity index (χ1v) is 9.20. The van der Waals surface area contributed by atoms with Gasteiger partial charge in [0.25, 0.3) is 0 Å². The summed E-state index contributed by atoms with van der Waals surface area (Å²) in [6.45, 7) is 12.0. The van der Waals surface area contributed by atoms with Crippen LogP contribution in [0.4, 0.5) is 0 Å². The first-order chi connectivity index (χ1) is 9.74. The number of aliphatic hydroxyl groups excluding tert-OH is 1. The SMILES string of the molecule is CCCCCC[N+](CCO)(CCCCC)CCCCC. The number of quaternary nitrogens is 1. The van der Waals surface area contributed by atoms with E-state index in [0.717, 1.165) is 6.54 Å². The van der Waals surface area contributed by atoms with Crippen molar-refractivity contribution in [3.8, 4) is 0 Å². The van der Waals surface area contributed by atoms with Crippen molar-refractivity contribution in [3.63, 3.8) is 0 Å². The number of nitrogens with zero attached hydrogens (tertiary/aromatic N) is 1. The van der Waals surface area contributed by atoms with Gasteiger partial charge < -0.3 is 9.59 Å². The number of hydrogen-bond acceptors (Lipinski definition) is 1. The van der Waals surface area contributed by atoms with E-state index in [1.165, 1.54) is 88.3 Å². The van der Waals surface area contributed by atoms with Crippen LogP contribution in [0.5, 0.6) is 0 Å². The summed E-state index contributed by atoms with van der Waals surface area (Å²) in [7, 11) is 0. The van der Waals surface area contributed by atoms with E-state index in [4.69, 9.17) is 0 Å². The Hall–Kier alpha value is -0.0800. The monoisotopic (exact) mass is 286 g/mol. The van der Waals surface area contributed by atoms with E-state index in [1.54, 1.807) is 0 Å². The number of hydrogen-bond donors (Lipinski definition) is 1. The largest absolute Gasteiger partial charge is 0.391 e. The van der Waals surface area contributed by atoms with Gasteiger partial charge in [-0.2, -0.15) is 0 Å². The summed E-state index contributed by atoms with van der Waals surface area (Å²) in [5.41, 5.74) is 0. The molecule has 0 saturated heterocycles. The molecule has 0 saturated carbocycles. The first kappa shape index (κ1) is 19.9. The fourth-order valence-corrected chi connectivity index (χ4v) is 3.15. The highest BCUT2D eigenvalue weighted by molar-refractivity contribution is 4.51. The van der Waals surface area contributed by atoms with Gasteiger partial charge in [0.05, 0.1) is 26.2 Å².